The highest BCUT2D eigenvalue weighted by molar-refractivity contribution is 4.81. The van der Waals surface area contributed by atoms with Gasteiger partial charge in [0.05, 0.1) is 27.2 Å². The highest BCUT2D eigenvalue weighted by Crippen LogP contribution is 2.12. The first kappa shape index (κ1) is 42.9. The van der Waals surface area contributed by atoms with Gasteiger partial charge in [0.15, 0.2) is 0 Å². The van der Waals surface area contributed by atoms with Crippen LogP contribution in [0.4, 0.5) is 0 Å². The molecule has 0 aromatic rings. The van der Waals surface area contributed by atoms with Gasteiger partial charge < -0.3 is 36.7 Å². The van der Waals surface area contributed by atoms with Gasteiger partial charge in [-0.3, -0.25) is 0 Å². The maximum absolute atomic E-state index is 6.38. The third-order valence-corrected chi connectivity index (χ3v) is 7.78. The molecule has 246 valence electrons. The summed E-state index contributed by atoms with van der Waals surface area (Å²) in [5.41, 5.74) is 5.78. The van der Waals surface area contributed by atoms with Crippen LogP contribution in [-0.2, 0) is 9.47 Å². The Labute approximate surface area is 268 Å². The molecular formula is C36H73BrN2O2. The van der Waals surface area contributed by atoms with E-state index < -0.39 is 0 Å². The van der Waals surface area contributed by atoms with Crippen molar-refractivity contribution in [2.24, 2.45) is 5.73 Å². The molecule has 0 aliphatic carbocycles. The summed E-state index contributed by atoms with van der Waals surface area (Å²) in [6.45, 7) is 9.82. The number of nitrogens with two attached hydrogens (primary N) is 1. The Morgan fingerprint density at radius 1 is 0.585 bits per heavy atom. The van der Waals surface area contributed by atoms with E-state index in [0.717, 1.165) is 56.8 Å². The number of unbranched alkanes of at least 4 members (excludes halogenated alkanes) is 16. The second-order valence-corrected chi connectivity index (χ2v) is 12.6. The van der Waals surface area contributed by atoms with Gasteiger partial charge in [-0.05, 0) is 57.9 Å². The molecule has 0 aromatic heterocycles. The highest BCUT2D eigenvalue weighted by atomic mass is 79.9. The number of nitrogens with zero attached hydrogens (tertiary/aromatic N) is 1. The average molecular weight is 646 g/mol. The minimum absolute atomic E-state index is 0. The van der Waals surface area contributed by atoms with E-state index in [4.69, 9.17) is 15.2 Å². The van der Waals surface area contributed by atoms with Crippen LogP contribution in [0.25, 0.3) is 0 Å². The fraction of sp³-hybridized carbons (Fsp3) is 0.889. The molecule has 0 aliphatic rings. The first-order valence-corrected chi connectivity index (χ1v) is 17.6. The topological polar surface area (TPSA) is 44.5 Å². The lowest BCUT2D eigenvalue weighted by Crippen LogP contribution is -3.00. The van der Waals surface area contributed by atoms with Crippen LogP contribution in [0.3, 0.4) is 0 Å². The van der Waals surface area contributed by atoms with Crippen molar-refractivity contribution < 1.29 is 30.9 Å². The number of quaternary nitrogens is 1. The van der Waals surface area contributed by atoms with Crippen LogP contribution in [-0.4, -0.2) is 64.1 Å². The van der Waals surface area contributed by atoms with E-state index in [2.05, 4.69) is 52.2 Å². The van der Waals surface area contributed by atoms with Gasteiger partial charge in [0, 0.05) is 19.6 Å². The number of allylic oxidation sites excluding steroid dienone is 4. The Bertz CT molecular complexity index is 554. The molecule has 0 rings (SSSR count). The fourth-order valence-electron chi connectivity index (χ4n) is 5.14. The van der Waals surface area contributed by atoms with E-state index in [-0.39, 0.29) is 23.1 Å². The van der Waals surface area contributed by atoms with E-state index in [0.29, 0.717) is 0 Å². The maximum atomic E-state index is 6.38. The molecule has 1 atom stereocenters. The summed E-state index contributed by atoms with van der Waals surface area (Å²) in [5.74, 6) is 0. The zero-order valence-corrected chi connectivity index (χ0v) is 29.8. The van der Waals surface area contributed by atoms with Crippen molar-refractivity contribution in [3.05, 3.63) is 24.3 Å². The molecule has 0 spiro atoms. The van der Waals surface area contributed by atoms with Gasteiger partial charge in [0.2, 0.25) is 0 Å². The number of rotatable bonds is 32. The Kier molecular flexibility index (Phi) is 35.9. The molecule has 41 heavy (non-hydrogen) atoms. The number of ether oxygens (including phenoxy) is 2. The van der Waals surface area contributed by atoms with Crippen LogP contribution < -0.4 is 22.7 Å². The number of halogens is 1. The van der Waals surface area contributed by atoms with Crippen molar-refractivity contribution in [1.82, 2.24) is 0 Å². The van der Waals surface area contributed by atoms with Crippen LogP contribution in [0, 0.1) is 0 Å². The molecule has 0 radical (unpaired) electrons. The molecule has 1 unspecified atom stereocenters. The second-order valence-electron chi connectivity index (χ2n) is 12.6. The first-order valence-electron chi connectivity index (χ1n) is 17.6. The molecule has 4 nitrogen and oxygen atoms in total. The summed E-state index contributed by atoms with van der Waals surface area (Å²) >= 11 is 0. The zero-order chi connectivity index (χ0) is 29.4. The minimum atomic E-state index is 0. The van der Waals surface area contributed by atoms with E-state index in [1.807, 2.05) is 0 Å². The lowest BCUT2D eigenvalue weighted by atomic mass is 10.1. The van der Waals surface area contributed by atoms with Gasteiger partial charge in [-0.15, -0.1) is 0 Å². The second kappa shape index (κ2) is 34.3. The predicted octanol–water partition coefficient (Wildman–Crippen LogP) is 6.77. The van der Waals surface area contributed by atoms with Gasteiger partial charge in [0.25, 0.3) is 0 Å². The van der Waals surface area contributed by atoms with Crippen LogP contribution in [0.5, 0.6) is 0 Å². The third kappa shape index (κ3) is 34.2. The molecule has 0 saturated heterocycles. The monoisotopic (exact) mass is 644 g/mol. The van der Waals surface area contributed by atoms with Crippen LogP contribution in [0.2, 0.25) is 0 Å². The molecular weight excluding hydrogens is 572 g/mol. The molecule has 5 heteroatoms. The van der Waals surface area contributed by atoms with Gasteiger partial charge in [-0.25, -0.2) is 0 Å². The summed E-state index contributed by atoms with van der Waals surface area (Å²) < 4.78 is 13.5. The van der Waals surface area contributed by atoms with Crippen LogP contribution >= 0.6 is 0 Å². The van der Waals surface area contributed by atoms with Crippen LogP contribution in [0.15, 0.2) is 24.3 Å². The zero-order valence-electron chi connectivity index (χ0n) is 28.2. The fourth-order valence-corrected chi connectivity index (χ4v) is 5.14. The van der Waals surface area contributed by atoms with E-state index in [1.54, 1.807) is 0 Å². The van der Waals surface area contributed by atoms with Gasteiger partial charge in [-0.2, -0.15) is 0 Å². The molecule has 0 aromatic carbocycles. The molecule has 0 fully saturated rings. The summed E-state index contributed by atoms with van der Waals surface area (Å²) in [5, 5.41) is 0. The Hall–Kier alpha value is -0.200. The minimum Gasteiger partial charge on any atom is -1.00 e. The number of likely N-dealkylation sites (N-methyl/N-ethyl adjacent to an activating group) is 1. The van der Waals surface area contributed by atoms with E-state index in [1.165, 1.54) is 122 Å². The maximum Gasteiger partial charge on any atom is 0.130 e. The predicted molar refractivity (Wildman–Crippen MR) is 178 cm³/mol. The van der Waals surface area contributed by atoms with Crippen molar-refractivity contribution in [3.63, 3.8) is 0 Å². The highest BCUT2D eigenvalue weighted by Gasteiger charge is 2.22. The molecule has 0 bridgehead atoms. The summed E-state index contributed by atoms with van der Waals surface area (Å²) in [6.07, 6.45) is 36.7. The number of hydrogen-bond donors (Lipinski definition) is 1. The lowest BCUT2D eigenvalue weighted by Gasteiger charge is -2.33. The quantitative estimate of drug-likeness (QED) is 0.0499. The van der Waals surface area contributed by atoms with E-state index in [9.17, 15) is 0 Å². The summed E-state index contributed by atoms with van der Waals surface area (Å²) in [4.78, 5) is 0. The lowest BCUT2D eigenvalue weighted by molar-refractivity contribution is -0.893. The normalized spacial score (nSPS) is 12.9. The molecule has 0 amide bonds. The van der Waals surface area contributed by atoms with Crippen molar-refractivity contribution in [1.29, 1.82) is 0 Å². The summed E-state index contributed by atoms with van der Waals surface area (Å²) in [6, 6.07) is 0. The Balaban J connectivity index is 0. The van der Waals surface area contributed by atoms with Crippen molar-refractivity contribution in [2.75, 3.05) is 53.6 Å². The van der Waals surface area contributed by atoms with Gasteiger partial charge in [0.1, 0.15) is 12.6 Å². The largest absolute Gasteiger partial charge is 1.00 e. The van der Waals surface area contributed by atoms with E-state index >= 15 is 0 Å². The molecule has 0 saturated carbocycles. The Morgan fingerprint density at radius 2 is 1.02 bits per heavy atom. The van der Waals surface area contributed by atoms with Crippen LogP contribution in [0.1, 0.15) is 149 Å². The summed E-state index contributed by atoms with van der Waals surface area (Å²) in [7, 11) is 4.60. The number of hydrogen-bond acceptors (Lipinski definition) is 3. The average Bonchev–Trinajstić information content (AvgIpc) is 2.94. The Morgan fingerprint density at radius 3 is 1.51 bits per heavy atom. The third-order valence-electron chi connectivity index (χ3n) is 7.78. The first-order chi connectivity index (χ1) is 19.6. The molecule has 2 N–H and O–H groups in total. The van der Waals surface area contributed by atoms with Gasteiger partial charge >= 0.3 is 0 Å². The van der Waals surface area contributed by atoms with Gasteiger partial charge in [-0.1, -0.05) is 115 Å². The molecule has 0 aliphatic heterocycles. The smallest absolute Gasteiger partial charge is 0.130 e. The molecule has 0 heterocycles. The van der Waals surface area contributed by atoms with Crippen molar-refractivity contribution in [3.8, 4) is 0 Å². The standard InChI is InChI=1S/C36H73N2O2.BrH/c1-5-7-9-11-13-15-17-19-21-23-25-27-32-39-35-36(34-38(3,4)31-29-30-37)40-33-28-26-24-22-20-18-16-14-12-10-8-6-2;/h11-14,36H,5-10,15-35,37H2,1-4H3;1H/q+1;/p-1/b13-11-,14-12-;. The van der Waals surface area contributed by atoms with Crippen molar-refractivity contribution >= 4 is 0 Å². The van der Waals surface area contributed by atoms with Crippen molar-refractivity contribution in [2.45, 2.75) is 155 Å². The SMILES string of the molecule is CCCC/C=C\CCCCCCCCOCC(C[N+](C)(C)CCCN)OCCCCCCCC/C=C\CCCC.[Br-].